The van der Waals surface area contributed by atoms with Crippen LogP contribution in [0, 0.1) is 5.82 Å². The number of carbonyl (C=O) groups excluding carboxylic acids is 1. The fraction of sp³-hybridized carbons (Fsp3) is 0.650. The molecular formula is C20H28F4O2. The summed E-state index contributed by atoms with van der Waals surface area (Å²) < 4.78 is 57.8. The fourth-order valence-electron chi connectivity index (χ4n) is 2.83. The number of esters is 1. The van der Waals surface area contributed by atoms with Crippen molar-refractivity contribution in [3.8, 4) is 0 Å². The zero-order valence-electron chi connectivity index (χ0n) is 15.5. The van der Waals surface area contributed by atoms with E-state index in [0.717, 1.165) is 57.1 Å². The first kappa shape index (κ1) is 22.5. The number of ether oxygens (including phenoxy) is 1. The van der Waals surface area contributed by atoms with E-state index in [1.54, 1.807) is 0 Å². The van der Waals surface area contributed by atoms with Crippen LogP contribution in [0.15, 0.2) is 18.2 Å². The van der Waals surface area contributed by atoms with Gasteiger partial charge in [-0.05, 0) is 43.9 Å². The van der Waals surface area contributed by atoms with Gasteiger partial charge in [0.05, 0.1) is 11.1 Å². The summed E-state index contributed by atoms with van der Waals surface area (Å²) in [5.74, 6) is -2.07. The minimum atomic E-state index is -4.81. The van der Waals surface area contributed by atoms with Crippen LogP contribution in [-0.4, -0.2) is 12.1 Å². The predicted octanol–water partition coefficient (Wildman–Crippen LogP) is 6.92. The average molecular weight is 376 g/mol. The molecule has 0 aliphatic rings. The topological polar surface area (TPSA) is 26.3 Å². The van der Waals surface area contributed by atoms with Crippen LogP contribution in [0.2, 0.25) is 0 Å². The molecule has 1 atom stereocenters. The van der Waals surface area contributed by atoms with Crippen LogP contribution in [0.1, 0.15) is 87.6 Å². The zero-order chi connectivity index (χ0) is 19.6. The van der Waals surface area contributed by atoms with Gasteiger partial charge >= 0.3 is 12.1 Å². The van der Waals surface area contributed by atoms with E-state index < -0.39 is 35.2 Å². The van der Waals surface area contributed by atoms with Crippen LogP contribution in [0.25, 0.3) is 0 Å². The number of benzene rings is 1. The zero-order valence-corrected chi connectivity index (χ0v) is 15.5. The monoisotopic (exact) mass is 376 g/mol. The Balaban J connectivity index is 2.84. The SMILES string of the molecule is CCCCCCC(CCCCC)OC(=O)c1ccc(F)cc1C(F)(F)F. The highest BCUT2D eigenvalue weighted by Crippen LogP contribution is 2.33. The molecule has 0 saturated heterocycles. The van der Waals surface area contributed by atoms with Gasteiger partial charge < -0.3 is 4.74 Å². The molecule has 26 heavy (non-hydrogen) atoms. The molecule has 0 fully saturated rings. The lowest BCUT2D eigenvalue weighted by Crippen LogP contribution is -2.21. The van der Waals surface area contributed by atoms with Crippen molar-refractivity contribution in [3.05, 3.63) is 35.1 Å². The molecule has 6 heteroatoms. The van der Waals surface area contributed by atoms with E-state index in [0.29, 0.717) is 18.9 Å². The summed E-state index contributed by atoms with van der Waals surface area (Å²) in [6.07, 6.45) is 2.92. The summed E-state index contributed by atoms with van der Waals surface area (Å²) >= 11 is 0. The van der Waals surface area contributed by atoms with Crippen LogP contribution < -0.4 is 0 Å². The van der Waals surface area contributed by atoms with Gasteiger partial charge in [-0.1, -0.05) is 46.0 Å². The highest BCUT2D eigenvalue weighted by atomic mass is 19.4. The molecule has 0 heterocycles. The van der Waals surface area contributed by atoms with E-state index in [4.69, 9.17) is 4.74 Å². The molecule has 0 aliphatic carbocycles. The van der Waals surface area contributed by atoms with Crippen LogP contribution in [-0.2, 0) is 10.9 Å². The van der Waals surface area contributed by atoms with E-state index >= 15 is 0 Å². The predicted molar refractivity (Wildman–Crippen MR) is 93.5 cm³/mol. The quantitative estimate of drug-likeness (QED) is 0.238. The lowest BCUT2D eigenvalue weighted by atomic mass is 10.0. The molecule has 0 spiro atoms. The molecule has 0 bridgehead atoms. The smallest absolute Gasteiger partial charge is 0.417 e. The molecule has 1 rings (SSSR count). The van der Waals surface area contributed by atoms with Gasteiger partial charge in [0.25, 0.3) is 0 Å². The number of rotatable bonds is 11. The van der Waals surface area contributed by atoms with Gasteiger partial charge in [0.15, 0.2) is 0 Å². The van der Waals surface area contributed by atoms with Crippen molar-refractivity contribution >= 4 is 5.97 Å². The first-order chi connectivity index (χ1) is 12.3. The number of carbonyl (C=O) groups is 1. The molecule has 0 saturated carbocycles. The number of hydrogen-bond donors (Lipinski definition) is 0. The lowest BCUT2D eigenvalue weighted by molar-refractivity contribution is -0.138. The number of halogens is 4. The Bertz CT molecular complexity index is 555. The van der Waals surface area contributed by atoms with Gasteiger partial charge in [-0.25, -0.2) is 9.18 Å². The van der Waals surface area contributed by atoms with Gasteiger partial charge in [-0.2, -0.15) is 13.2 Å². The third-order valence-electron chi connectivity index (χ3n) is 4.29. The molecule has 0 aliphatic heterocycles. The maximum atomic E-state index is 13.2. The molecule has 2 nitrogen and oxygen atoms in total. The number of alkyl halides is 3. The summed E-state index contributed by atoms with van der Waals surface area (Å²) in [7, 11) is 0. The molecular weight excluding hydrogens is 348 g/mol. The Morgan fingerprint density at radius 3 is 2.15 bits per heavy atom. The highest BCUT2D eigenvalue weighted by molar-refractivity contribution is 5.91. The highest BCUT2D eigenvalue weighted by Gasteiger charge is 2.36. The maximum absolute atomic E-state index is 13.2. The van der Waals surface area contributed by atoms with Crippen molar-refractivity contribution in [3.63, 3.8) is 0 Å². The van der Waals surface area contributed by atoms with Gasteiger partial charge in [0.1, 0.15) is 11.9 Å². The second-order valence-corrected chi connectivity index (χ2v) is 6.56. The summed E-state index contributed by atoms with van der Waals surface area (Å²) in [5, 5.41) is 0. The molecule has 148 valence electrons. The summed E-state index contributed by atoms with van der Waals surface area (Å²) in [4.78, 5) is 12.3. The minimum Gasteiger partial charge on any atom is -0.459 e. The third-order valence-corrected chi connectivity index (χ3v) is 4.29. The number of hydrogen-bond acceptors (Lipinski definition) is 2. The maximum Gasteiger partial charge on any atom is 0.417 e. The first-order valence-electron chi connectivity index (χ1n) is 9.37. The van der Waals surface area contributed by atoms with Crippen molar-refractivity contribution in [2.45, 2.75) is 83.9 Å². The first-order valence-corrected chi connectivity index (χ1v) is 9.37. The molecule has 1 aromatic rings. The van der Waals surface area contributed by atoms with Gasteiger partial charge in [-0.15, -0.1) is 0 Å². The Labute approximate surface area is 152 Å². The van der Waals surface area contributed by atoms with E-state index in [-0.39, 0.29) is 0 Å². The summed E-state index contributed by atoms with van der Waals surface area (Å²) in [6.45, 7) is 4.14. The second kappa shape index (κ2) is 11.2. The van der Waals surface area contributed by atoms with E-state index in [9.17, 15) is 22.4 Å². The molecule has 0 radical (unpaired) electrons. The summed E-state index contributed by atoms with van der Waals surface area (Å²) in [5.41, 5.74) is -1.92. The molecule has 1 unspecified atom stereocenters. The Kier molecular flexibility index (Phi) is 9.66. The number of unbranched alkanes of at least 4 members (excludes halogenated alkanes) is 5. The van der Waals surface area contributed by atoms with Crippen molar-refractivity contribution in [1.29, 1.82) is 0 Å². The van der Waals surface area contributed by atoms with Gasteiger partial charge in [0, 0.05) is 0 Å². The second-order valence-electron chi connectivity index (χ2n) is 6.56. The Morgan fingerprint density at radius 2 is 1.58 bits per heavy atom. The van der Waals surface area contributed by atoms with Crippen LogP contribution in [0.4, 0.5) is 17.6 Å². The molecule has 1 aromatic carbocycles. The molecule has 0 amide bonds. The van der Waals surface area contributed by atoms with Crippen LogP contribution in [0.3, 0.4) is 0 Å². The standard InChI is InChI=1S/C20H28F4O2/c1-3-5-7-9-11-16(10-8-6-4-2)26-19(25)17-13-12-15(21)14-18(17)20(22,23)24/h12-14,16H,3-11H2,1-2H3. The van der Waals surface area contributed by atoms with Crippen LogP contribution in [0.5, 0.6) is 0 Å². The van der Waals surface area contributed by atoms with Gasteiger partial charge in [-0.3, -0.25) is 0 Å². The normalized spacial score (nSPS) is 12.8. The van der Waals surface area contributed by atoms with E-state index in [1.165, 1.54) is 0 Å². The van der Waals surface area contributed by atoms with Crippen LogP contribution >= 0.6 is 0 Å². The average Bonchev–Trinajstić information content (AvgIpc) is 2.57. The minimum absolute atomic E-state index is 0.337. The van der Waals surface area contributed by atoms with Crippen molar-refractivity contribution in [2.75, 3.05) is 0 Å². The molecule has 0 N–H and O–H groups in total. The van der Waals surface area contributed by atoms with Gasteiger partial charge in [0.2, 0.25) is 0 Å². The Morgan fingerprint density at radius 1 is 1.00 bits per heavy atom. The summed E-state index contributed by atoms with van der Waals surface area (Å²) in [6, 6.07) is 2.03. The van der Waals surface area contributed by atoms with Crippen molar-refractivity contribution in [1.82, 2.24) is 0 Å². The lowest BCUT2D eigenvalue weighted by Gasteiger charge is -2.19. The van der Waals surface area contributed by atoms with E-state index in [1.807, 2.05) is 0 Å². The molecule has 0 aromatic heterocycles. The van der Waals surface area contributed by atoms with Crippen molar-refractivity contribution in [2.24, 2.45) is 0 Å². The largest absolute Gasteiger partial charge is 0.459 e. The fourth-order valence-corrected chi connectivity index (χ4v) is 2.83. The Hall–Kier alpha value is -1.59. The van der Waals surface area contributed by atoms with Crippen molar-refractivity contribution < 1.29 is 27.1 Å². The third kappa shape index (κ3) is 7.75. The van der Waals surface area contributed by atoms with E-state index in [2.05, 4.69) is 13.8 Å².